The molecule has 3 rings (SSSR count). The number of nitrogens with two attached hydrogens (primary N) is 1. The van der Waals surface area contributed by atoms with Gasteiger partial charge < -0.3 is 15.8 Å². The number of aryl methyl sites for hydroxylation is 1. The van der Waals surface area contributed by atoms with Crippen LogP contribution in [-0.4, -0.2) is 68.2 Å². The number of nitrogens with one attached hydrogen (secondary N) is 1. The van der Waals surface area contributed by atoms with Crippen molar-refractivity contribution in [2.24, 2.45) is 5.73 Å². The largest absolute Gasteiger partial charge is 0.469 e. The van der Waals surface area contributed by atoms with Crippen molar-refractivity contribution in [1.82, 2.24) is 15.1 Å². The van der Waals surface area contributed by atoms with E-state index in [0.717, 1.165) is 58.2 Å². The van der Waals surface area contributed by atoms with Crippen LogP contribution in [-0.2, 0) is 16.0 Å². The van der Waals surface area contributed by atoms with E-state index in [1.54, 1.807) is 0 Å². The number of benzene rings is 1. The lowest BCUT2D eigenvalue weighted by Crippen LogP contribution is -2.54. The van der Waals surface area contributed by atoms with Gasteiger partial charge in [0.2, 0.25) is 0 Å². The van der Waals surface area contributed by atoms with Crippen molar-refractivity contribution in [2.45, 2.75) is 44.3 Å². The molecule has 0 saturated carbocycles. The summed E-state index contributed by atoms with van der Waals surface area (Å²) >= 11 is 0. The van der Waals surface area contributed by atoms with E-state index in [1.165, 1.54) is 31.1 Å². The Bertz CT molecular complexity index is 578. The van der Waals surface area contributed by atoms with Crippen molar-refractivity contribution < 1.29 is 9.53 Å². The number of piperidine rings is 1. The molecule has 1 aromatic carbocycles. The second-order valence-corrected chi connectivity index (χ2v) is 7.67. The minimum Gasteiger partial charge on any atom is -0.469 e. The standard InChI is InChI=1S/C21H34N4O2/c1-27-20(26)4-2-3-17-5-7-18(8-6-17)21(22)25-15-13-24(14-16-25)19-9-11-23-12-10-19/h5-8,19,21,23H,2-4,9-16,22H2,1H3. The molecule has 6 heteroatoms. The molecule has 1 atom stereocenters. The summed E-state index contributed by atoms with van der Waals surface area (Å²) in [5.74, 6) is -0.141. The Labute approximate surface area is 163 Å². The smallest absolute Gasteiger partial charge is 0.305 e. The Morgan fingerprint density at radius 1 is 1.19 bits per heavy atom. The van der Waals surface area contributed by atoms with Crippen molar-refractivity contribution in [3.63, 3.8) is 0 Å². The summed E-state index contributed by atoms with van der Waals surface area (Å²) in [5.41, 5.74) is 8.95. The number of rotatable bonds is 7. The van der Waals surface area contributed by atoms with Crippen molar-refractivity contribution in [2.75, 3.05) is 46.4 Å². The number of piperazine rings is 1. The minimum atomic E-state index is -0.141. The first-order valence-corrected chi connectivity index (χ1v) is 10.3. The van der Waals surface area contributed by atoms with E-state index < -0.39 is 0 Å². The maximum Gasteiger partial charge on any atom is 0.305 e. The summed E-state index contributed by atoms with van der Waals surface area (Å²) in [6.07, 6.45) is 4.67. The number of hydrogen-bond donors (Lipinski definition) is 2. The van der Waals surface area contributed by atoms with Gasteiger partial charge in [0, 0.05) is 38.6 Å². The molecule has 27 heavy (non-hydrogen) atoms. The zero-order valence-corrected chi connectivity index (χ0v) is 16.5. The van der Waals surface area contributed by atoms with Crippen molar-refractivity contribution in [1.29, 1.82) is 0 Å². The summed E-state index contributed by atoms with van der Waals surface area (Å²) in [7, 11) is 1.44. The molecule has 0 bridgehead atoms. The lowest BCUT2D eigenvalue weighted by atomic mass is 10.0. The monoisotopic (exact) mass is 374 g/mol. The van der Waals surface area contributed by atoms with Crippen LogP contribution < -0.4 is 11.1 Å². The second kappa shape index (κ2) is 10.2. The van der Waals surface area contributed by atoms with E-state index >= 15 is 0 Å². The molecule has 0 radical (unpaired) electrons. The fourth-order valence-electron chi connectivity index (χ4n) is 4.18. The van der Waals surface area contributed by atoms with Gasteiger partial charge in [0.05, 0.1) is 13.3 Å². The highest BCUT2D eigenvalue weighted by Crippen LogP contribution is 2.21. The lowest BCUT2D eigenvalue weighted by Gasteiger charge is -2.42. The van der Waals surface area contributed by atoms with Crippen LogP contribution in [0.25, 0.3) is 0 Å². The van der Waals surface area contributed by atoms with Gasteiger partial charge in [0.1, 0.15) is 0 Å². The number of carbonyl (C=O) groups is 1. The molecule has 1 unspecified atom stereocenters. The van der Waals surface area contributed by atoms with Gasteiger partial charge in [-0.2, -0.15) is 0 Å². The van der Waals surface area contributed by atoms with Crippen LogP contribution in [0.4, 0.5) is 0 Å². The summed E-state index contributed by atoms with van der Waals surface area (Å²) in [4.78, 5) is 16.2. The van der Waals surface area contributed by atoms with Crippen LogP contribution in [0.5, 0.6) is 0 Å². The number of ether oxygens (including phenoxy) is 1. The highest BCUT2D eigenvalue weighted by Gasteiger charge is 2.27. The summed E-state index contributed by atoms with van der Waals surface area (Å²) in [5, 5.41) is 3.45. The molecule has 2 saturated heterocycles. The van der Waals surface area contributed by atoms with Crippen LogP contribution >= 0.6 is 0 Å². The van der Waals surface area contributed by atoms with Gasteiger partial charge >= 0.3 is 5.97 Å². The fraction of sp³-hybridized carbons (Fsp3) is 0.667. The third-order valence-electron chi connectivity index (χ3n) is 5.96. The van der Waals surface area contributed by atoms with Crippen LogP contribution in [0.2, 0.25) is 0 Å². The molecule has 2 heterocycles. The minimum absolute atomic E-state index is 0.0377. The maximum atomic E-state index is 11.2. The van der Waals surface area contributed by atoms with Gasteiger partial charge in [0.15, 0.2) is 0 Å². The lowest BCUT2D eigenvalue weighted by molar-refractivity contribution is -0.140. The predicted molar refractivity (Wildman–Crippen MR) is 107 cm³/mol. The van der Waals surface area contributed by atoms with Crippen LogP contribution in [0, 0.1) is 0 Å². The molecule has 2 fully saturated rings. The maximum absolute atomic E-state index is 11.2. The Balaban J connectivity index is 1.45. The molecular formula is C21H34N4O2. The van der Waals surface area contributed by atoms with Gasteiger partial charge in [-0.05, 0) is 49.9 Å². The zero-order valence-electron chi connectivity index (χ0n) is 16.5. The molecule has 0 amide bonds. The molecule has 0 spiro atoms. The third kappa shape index (κ3) is 5.75. The van der Waals surface area contributed by atoms with Crippen LogP contribution in [0.1, 0.15) is 43.0 Å². The van der Waals surface area contributed by atoms with Gasteiger partial charge in [0.25, 0.3) is 0 Å². The van der Waals surface area contributed by atoms with E-state index in [9.17, 15) is 4.79 Å². The van der Waals surface area contributed by atoms with Crippen LogP contribution in [0.15, 0.2) is 24.3 Å². The molecule has 2 aliphatic rings. The Hall–Kier alpha value is -1.47. The molecule has 0 aromatic heterocycles. The van der Waals surface area contributed by atoms with Crippen molar-refractivity contribution in [3.05, 3.63) is 35.4 Å². The molecule has 150 valence electrons. The SMILES string of the molecule is COC(=O)CCCc1ccc(C(N)N2CCN(C3CCNCC3)CC2)cc1. The Kier molecular flexibility index (Phi) is 7.64. The van der Waals surface area contributed by atoms with E-state index in [1.807, 2.05) is 0 Å². The van der Waals surface area contributed by atoms with Gasteiger partial charge in [-0.3, -0.25) is 14.6 Å². The third-order valence-corrected chi connectivity index (χ3v) is 5.96. The number of methoxy groups -OCH3 is 1. The number of esters is 1. The number of carbonyl (C=O) groups excluding carboxylic acids is 1. The van der Waals surface area contributed by atoms with Gasteiger partial charge in [-0.25, -0.2) is 0 Å². The summed E-state index contributed by atoms with van der Waals surface area (Å²) in [6.45, 7) is 6.60. The second-order valence-electron chi connectivity index (χ2n) is 7.67. The van der Waals surface area contributed by atoms with E-state index in [2.05, 4.69) is 44.1 Å². The Morgan fingerprint density at radius 2 is 1.85 bits per heavy atom. The van der Waals surface area contributed by atoms with E-state index in [4.69, 9.17) is 5.73 Å². The molecule has 3 N–H and O–H groups in total. The highest BCUT2D eigenvalue weighted by molar-refractivity contribution is 5.69. The summed E-state index contributed by atoms with van der Waals surface area (Å²) in [6, 6.07) is 9.29. The number of hydrogen-bond acceptors (Lipinski definition) is 6. The van der Waals surface area contributed by atoms with Gasteiger partial charge in [-0.15, -0.1) is 0 Å². The van der Waals surface area contributed by atoms with E-state index in [-0.39, 0.29) is 12.1 Å². The normalized spacial score (nSPS) is 21.1. The van der Waals surface area contributed by atoms with E-state index in [0.29, 0.717) is 6.42 Å². The molecule has 0 aliphatic carbocycles. The predicted octanol–water partition coefficient (Wildman–Crippen LogP) is 1.51. The Morgan fingerprint density at radius 3 is 2.48 bits per heavy atom. The van der Waals surface area contributed by atoms with Crippen molar-refractivity contribution >= 4 is 5.97 Å². The molecular weight excluding hydrogens is 340 g/mol. The van der Waals surface area contributed by atoms with Crippen molar-refractivity contribution in [3.8, 4) is 0 Å². The highest BCUT2D eigenvalue weighted by atomic mass is 16.5. The fourth-order valence-corrected chi connectivity index (χ4v) is 4.18. The number of nitrogens with zero attached hydrogens (tertiary/aromatic N) is 2. The molecule has 6 nitrogen and oxygen atoms in total. The molecule has 1 aromatic rings. The quantitative estimate of drug-likeness (QED) is 0.705. The average molecular weight is 375 g/mol. The average Bonchev–Trinajstić information content (AvgIpc) is 2.74. The molecule has 2 aliphatic heterocycles. The summed E-state index contributed by atoms with van der Waals surface area (Å²) < 4.78 is 4.68. The first kappa shape index (κ1) is 20.3. The van der Waals surface area contributed by atoms with Crippen LogP contribution in [0.3, 0.4) is 0 Å². The topological polar surface area (TPSA) is 70.8 Å². The first-order chi connectivity index (χ1) is 13.2. The first-order valence-electron chi connectivity index (χ1n) is 10.3. The zero-order chi connectivity index (χ0) is 19.1. The van der Waals surface area contributed by atoms with Gasteiger partial charge in [-0.1, -0.05) is 24.3 Å².